The first-order chi connectivity index (χ1) is 16.7. The van der Waals surface area contributed by atoms with Gasteiger partial charge in [-0.05, 0) is 24.1 Å². The van der Waals surface area contributed by atoms with Crippen LogP contribution >= 0.6 is 0 Å². The van der Waals surface area contributed by atoms with Crippen LogP contribution in [0, 0.1) is 0 Å². The van der Waals surface area contributed by atoms with E-state index in [-0.39, 0.29) is 24.6 Å². The second-order valence-electron chi connectivity index (χ2n) is 8.81. The molecule has 1 aromatic rings. The lowest BCUT2D eigenvalue weighted by atomic mass is 9.95. The van der Waals surface area contributed by atoms with E-state index in [1.165, 1.54) is 29.2 Å². The van der Waals surface area contributed by atoms with E-state index in [4.69, 9.17) is 0 Å². The van der Waals surface area contributed by atoms with Crippen molar-refractivity contribution < 1.29 is 29.1 Å². The molecule has 0 aromatic heterocycles. The van der Waals surface area contributed by atoms with Crippen molar-refractivity contribution in [3.05, 3.63) is 29.8 Å². The Kier molecular flexibility index (Phi) is 8.80. The van der Waals surface area contributed by atoms with E-state index >= 15 is 0 Å². The monoisotopic (exact) mass is 487 g/mol. The largest absolute Gasteiger partial charge is 0.508 e. The number of phenolic OH excluding ortho intramolecular Hbond substituents is 1. The molecule has 4 N–H and O–H groups in total. The molecular weight excluding hydrogens is 454 g/mol. The summed E-state index contributed by atoms with van der Waals surface area (Å²) in [6.45, 7) is 5.19. The Hall–Kier alpha value is -3.47. The Labute approximate surface area is 204 Å². The van der Waals surface area contributed by atoms with Crippen LogP contribution in [0.25, 0.3) is 0 Å². The molecule has 3 unspecified atom stereocenters. The molecule has 3 rings (SSSR count). The molecule has 190 valence electrons. The van der Waals surface area contributed by atoms with Gasteiger partial charge in [0.25, 0.3) is 0 Å². The fourth-order valence-electron chi connectivity index (χ4n) is 4.22. The SMILES string of the molecule is CCCCC(C(=O)C(C)=O)N(C(=O)N1CCNCC1)C(C(=O)NC1CNC1=O)c1ccc(O)cc1. The first kappa shape index (κ1) is 26.1. The topological polar surface area (TPSA) is 148 Å². The Morgan fingerprint density at radius 1 is 1.17 bits per heavy atom. The number of aromatic hydroxyl groups is 1. The van der Waals surface area contributed by atoms with Gasteiger partial charge >= 0.3 is 6.03 Å². The molecule has 3 atom stereocenters. The fraction of sp³-hybridized carbons (Fsp3) is 0.542. The number of hydrogen-bond donors (Lipinski definition) is 4. The molecule has 0 radical (unpaired) electrons. The minimum Gasteiger partial charge on any atom is -0.508 e. The minimum atomic E-state index is -1.29. The molecule has 0 spiro atoms. The fourth-order valence-corrected chi connectivity index (χ4v) is 4.22. The Bertz CT molecular complexity index is 960. The molecule has 11 nitrogen and oxygen atoms in total. The Morgan fingerprint density at radius 2 is 1.83 bits per heavy atom. The number of urea groups is 1. The van der Waals surface area contributed by atoms with Crippen LogP contribution < -0.4 is 16.0 Å². The molecule has 2 heterocycles. The number of unbranched alkanes of at least 4 members (excludes halogenated alkanes) is 1. The summed E-state index contributed by atoms with van der Waals surface area (Å²) in [7, 11) is 0. The smallest absolute Gasteiger partial charge is 0.321 e. The number of phenols is 1. The molecule has 2 saturated heterocycles. The first-order valence-corrected chi connectivity index (χ1v) is 11.9. The van der Waals surface area contributed by atoms with Gasteiger partial charge in [0.05, 0.1) is 0 Å². The van der Waals surface area contributed by atoms with Crippen molar-refractivity contribution in [3.8, 4) is 5.75 Å². The maximum absolute atomic E-state index is 13.9. The molecule has 35 heavy (non-hydrogen) atoms. The van der Waals surface area contributed by atoms with Crippen LogP contribution in [0.3, 0.4) is 0 Å². The van der Waals surface area contributed by atoms with Crippen LogP contribution in [0.15, 0.2) is 24.3 Å². The van der Waals surface area contributed by atoms with Gasteiger partial charge in [0, 0.05) is 39.6 Å². The number of ketones is 2. The summed E-state index contributed by atoms with van der Waals surface area (Å²) in [4.78, 5) is 67.4. The van der Waals surface area contributed by atoms with E-state index in [1.54, 1.807) is 4.90 Å². The van der Waals surface area contributed by atoms with Gasteiger partial charge in [-0.1, -0.05) is 31.9 Å². The third-order valence-electron chi connectivity index (χ3n) is 6.27. The van der Waals surface area contributed by atoms with Crippen LogP contribution in [0.2, 0.25) is 0 Å². The number of amides is 4. The van der Waals surface area contributed by atoms with Gasteiger partial charge in [0.1, 0.15) is 23.9 Å². The number of Topliss-reactive ketones (excluding diaryl/α,β-unsaturated/α-hetero) is 2. The van der Waals surface area contributed by atoms with Crippen molar-refractivity contribution in [1.82, 2.24) is 25.8 Å². The maximum Gasteiger partial charge on any atom is 0.321 e. The number of benzene rings is 1. The Balaban J connectivity index is 2.10. The van der Waals surface area contributed by atoms with E-state index in [0.717, 1.165) is 13.3 Å². The number of hydrogen-bond acceptors (Lipinski definition) is 7. The number of carbonyl (C=O) groups is 5. The molecular formula is C24H33N5O6. The number of rotatable bonds is 10. The van der Waals surface area contributed by atoms with Crippen LogP contribution in [0.4, 0.5) is 4.79 Å². The van der Waals surface area contributed by atoms with Crippen molar-refractivity contribution in [1.29, 1.82) is 0 Å². The average Bonchev–Trinajstić information content (AvgIpc) is 2.86. The van der Waals surface area contributed by atoms with Crippen LogP contribution in [0.5, 0.6) is 5.75 Å². The third kappa shape index (κ3) is 6.16. The summed E-state index contributed by atoms with van der Waals surface area (Å²) in [5.74, 6) is -2.47. The van der Waals surface area contributed by atoms with E-state index in [1.807, 2.05) is 6.92 Å². The predicted molar refractivity (Wildman–Crippen MR) is 126 cm³/mol. The van der Waals surface area contributed by atoms with E-state index < -0.39 is 41.6 Å². The van der Waals surface area contributed by atoms with E-state index in [9.17, 15) is 29.1 Å². The third-order valence-corrected chi connectivity index (χ3v) is 6.27. The summed E-state index contributed by atoms with van der Waals surface area (Å²) in [6.07, 6.45) is 1.48. The average molecular weight is 488 g/mol. The first-order valence-electron chi connectivity index (χ1n) is 11.9. The zero-order chi connectivity index (χ0) is 25.5. The van der Waals surface area contributed by atoms with Crippen molar-refractivity contribution in [2.75, 3.05) is 32.7 Å². The van der Waals surface area contributed by atoms with Crippen LogP contribution in [-0.4, -0.2) is 89.1 Å². The van der Waals surface area contributed by atoms with Gasteiger partial charge < -0.3 is 26.0 Å². The van der Waals surface area contributed by atoms with Crippen LogP contribution in [0.1, 0.15) is 44.7 Å². The molecule has 1 aromatic carbocycles. The number of nitrogens with zero attached hydrogens (tertiary/aromatic N) is 2. The van der Waals surface area contributed by atoms with Crippen molar-refractivity contribution in [2.45, 2.75) is 51.2 Å². The molecule has 2 aliphatic heterocycles. The second-order valence-corrected chi connectivity index (χ2v) is 8.81. The summed E-state index contributed by atoms with van der Waals surface area (Å²) in [5.41, 5.74) is 0.348. The van der Waals surface area contributed by atoms with Gasteiger partial charge in [-0.25, -0.2) is 4.79 Å². The lowest BCUT2D eigenvalue weighted by Gasteiger charge is -2.41. The molecule has 2 fully saturated rings. The number of piperazine rings is 1. The molecule has 2 aliphatic rings. The van der Waals surface area contributed by atoms with Gasteiger partial charge in [-0.3, -0.25) is 24.1 Å². The van der Waals surface area contributed by atoms with Gasteiger partial charge in [-0.2, -0.15) is 0 Å². The van der Waals surface area contributed by atoms with Gasteiger partial charge in [-0.15, -0.1) is 0 Å². The quantitative estimate of drug-likeness (QED) is 0.270. The van der Waals surface area contributed by atoms with E-state index in [0.29, 0.717) is 38.2 Å². The lowest BCUT2D eigenvalue weighted by molar-refractivity contribution is -0.141. The number of nitrogens with one attached hydrogen (secondary N) is 3. The minimum absolute atomic E-state index is 0.0337. The van der Waals surface area contributed by atoms with Crippen molar-refractivity contribution >= 4 is 29.4 Å². The zero-order valence-electron chi connectivity index (χ0n) is 20.1. The molecule has 0 bridgehead atoms. The molecule has 4 amide bonds. The highest BCUT2D eigenvalue weighted by atomic mass is 16.3. The van der Waals surface area contributed by atoms with Gasteiger partial charge in [0.2, 0.25) is 17.6 Å². The van der Waals surface area contributed by atoms with Gasteiger partial charge in [0.15, 0.2) is 5.78 Å². The number of carbonyl (C=O) groups excluding carboxylic acids is 5. The predicted octanol–water partition coefficient (Wildman–Crippen LogP) is 0.0920. The normalized spacial score (nSPS) is 19.1. The lowest BCUT2D eigenvalue weighted by Crippen LogP contribution is -2.64. The van der Waals surface area contributed by atoms with E-state index in [2.05, 4.69) is 16.0 Å². The molecule has 0 saturated carbocycles. The summed E-state index contributed by atoms with van der Waals surface area (Å²) >= 11 is 0. The van der Waals surface area contributed by atoms with Crippen LogP contribution in [-0.2, 0) is 19.2 Å². The number of β-lactam (4-membered cyclic amide) rings is 1. The second kappa shape index (κ2) is 11.8. The highest BCUT2D eigenvalue weighted by Gasteiger charge is 2.43. The van der Waals surface area contributed by atoms with Crippen molar-refractivity contribution in [2.24, 2.45) is 0 Å². The zero-order valence-corrected chi connectivity index (χ0v) is 20.1. The Morgan fingerprint density at radius 3 is 2.34 bits per heavy atom. The maximum atomic E-state index is 13.9. The van der Waals surface area contributed by atoms with Crippen molar-refractivity contribution in [3.63, 3.8) is 0 Å². The summed E-state index contributed by atoms with van der Waals surface area (Å²) in [5, 5.41) is 18.2. The summed E-state index contributed by atoms with van der Waals surface area (Å²) in [6, 6.07) is 2.01. The highest BCUT2D eigenvalue weighted by molar-refractivity contribution is 6.38. The molecule has 0 aliphatic carbocycles. The highest BCUT2D eigenvalue weighted by Crippen LogP contribution is 2.29. The summed E-state index contributed by atoms with van der Waals surface area (Å²) < 4.78 is 0. The molecule has 11 heteroatoms. The standard InChI is InChI=1S/C24H33N5O6/c1-3-4-5-19(21(32)15(2)30)29(24(35)28-12-10-25-11-13-28)20(16-6-8-17(31)9-7-16)23(34)27-18-14-26-22(18)33/h6-9,18-20,25,31H,3-5,10-14H2,1-2H3,(H,26,33)(H,27,34).